The lowest BCUT2D eigenvalue weighted by Gasteiger charge is -2.23. The molecule has 0 bridgehead atoms. The second-order valence-corrected chi connectivity index (χ2v) is 7.30. The summed E-state index contributed by atoms with van der Waals surface area (Å²) >= 11 is 0. The molecule has 0 radical (unpaired) electrons. The summed E-state index contributed by atoms with van der Waals surface area (Å²) in [6.45, 7) is 6.33. The van der Waals surface area contributed by atoms with Crippen molar-refractivity contribution in [2.45, 2.75) is 44.6 Å². The molecule has 1 aromatic rings. The lowest BCUT2D eigenvalue weighted by molar-refractivity contribution is 0.280. The van der Waals surface area contributed by atoms with Gasteiger partial charge in [0.05, 0.1) is 6.61 Å². The van der Waals surface area contributed by atoms with E-state index in [0.717, 1.165) is 18.4 Å². The van der Waals surface area contributed by atoms with Gasteiger partial charge in [-0.15, -0.1) is 0 Å². The van der Waals surface area contributed by atoms with Gasteiger partial charge in [0, 0.05) is 11.7 Å². The van der Waals surface area contributed by atoms with Crippen molar-refractivity contribution in [3.05, 3.63) is 17.7 Å². The van der Waals surface area contributed by atoms with Gasteiger partial charge in [0.1, 0.15) is 10.6 Å². The highest BCUT2D eigenvalue weighted by atomic mass is 32.2. The van der Waals surface area contributed by atoms with Crippen LogP contribution in [0.1, 0.15) is 32.8 Å². The Morgan fingerprint density at radius 2 is 2.00 bits per heavy atom. The average Bonchev–Trinajstić information content (AvgIpc) is 2.37. The van der Waals surface area contributed by atoms with E-state index in [1.54, 1.807) is 6.07 Å². The smallest absolute Gasteiger partial charge is 0.244 e. The van der Waals surface area contributed by atoms with E-state index in [0.29, 0.717) is 18.0 Å². The maximum atomic E-state index is 12.5. The fraction of sp³-hybridized carbons (Fsp3) is 0.571. The fourth-order valence-electron chi connectivity index (χ4n) is 2.11. The van der Waals surface area contributed by atoms with Crippen LogP contribution >= 0.6 is 0 Å². The number of nitrogen functional groups attached to an aromatic ring is 1. The lowest BCUT2D eigenvalue weighted by Crippen LogP contribution is -2.36. The van der Waals surface area contributed by atoms with Gasteiger partial charge in [0.15, 0.2) is 0 Å². The molecule has 1 atom stereocenters. The van der Waals surface area contributed by atoms with Gasteiger partial charge in [-0.25, -0.2) is 13.1 Å². The molecular weight excluding hydrogens is 276 g/mol. The summed E-state index contributed by atoms with van der Waals surface area (Å²) in [4.78, 5) is 0.153. The first-order chi connectivity index (χ1) is 9.31. The first-order valence-electron chi connectivity index (χ1n) is 6.89. The molecule has 20 heavy (non-hydrogen) atoms. The molecule has 1 heterocycles. The zero-order valence-corrected chi connectivity index (χ0v) is 13.0. The van der Waals surface area contributed by atoms with E-state index in [2.05, 4.69) is 4.72 Å². The van der Waals surface area contributed by atoms with Crippen LogP contribution in [-0.2, 0) is 16.4 Å². The molecular formula is C14H22N2O3S. The summed E-state index contributed by atoms with van der Waals surface area (Å²) < 4.78 is 33.3. The van der Waals surface area contributed by atoms with Gasteiger partial charge in [-0.2, -0.15) is 0 Å². The summed E-state index contributed by atoms with van der Waals surface area (Å²) in [6.07, 6.45) is 1.67. The molecule has 6 heteroatoms. The van der Waals surface area contributed by atoms with Crippen LogP contribution in [0.25, 0.3) is 0 Å². The SMILES string of the molecule is CC(C)C(C)NS(=O)(=O)c1cc(N)cc2c1OCCC2. The molecule has 0 aliphatic carbocycles. The third kappa shape index (κ3) is 3.07. The number of ether oxygens (including phenoxy) is 1. The minimum Gasteiger partial charge on any atom is -0.492 e. The van der Waals surface area contributed by atoms with Crippen molar-refractivity contribution in [1.29, 1.82) is 0 Å². The largest absolute Gasteiger partial charge is 0.492 e. The minimum atomic E-state index is -3.62. The van der Waals surface area contributed by atoms with Gasteiger partial charge < -0.3 is 10.5 Å². The van der Waals surface area contributed by atoms with Gasteiger partial charge in [-0.05, 0) is 43.4 Å². The molecule has 112 valence electrons. The number of aryl methyl sites for hydroxylation is 1. The number of fused-ring (bicyclic) bond motifs is 1. The van der Waals surface area contributed by atoms with Gasteiger partial charge in [-0.3, -0.25) is 0 Å². The molecule has 1 aliphatic rings. The minimum absolute atomic E-state index is 0.152. The highest BCUT2D eigenvalue weighted by Gasteiger charge is 2.27. The number of anilines is 1. The number of hydrogen-bond acceptors (Lipinski definition) is 4. The summed E-state index contributed by atoms with van der Waals surface area (Å²) in [5.74, 6) is 0.663. The van der Waals surface area contributed by atoms with Crippen molar-refractivity contribution in [1.82, 2.24) is 4.72 Å². The van der Waals surface area contributed by atoms with E-state index in [9.17, 15) is 8.42 Å². The Kier molecular flexibility index (Phi) is 4.25. The van der Waals surface area contributed by atoms with Crippen LogP contribution in [0.4, 0.5) is 5.69 Å². The van der Waals surface area contributed by atoms with Crippen LogP contribution < -0.4 is 15.2 Å². The summed E-state index contributed by atoms with van der Waals surface area (Å²) in [5, 5.41) is 0. The molecule has 0 amide bonds. The van der Waals surface area contributed by atoms with Gasteiger partial charge in [-0.1, -0.05) is 13.8 Å². The van der Waals surface area contributed by atoms with Gasteiger partial charge in [0.2, 0.25) is 10.0 Å². The molecule has 0 spiro atoms. The third-order valence-electron chi connectivity index (χ3n) is 3.62. The van der Waals surface area contributed by atoms with Crippen molar-refractivity contribution in [2.24, 2.45) is 5.92 Å². The Morgan fingerprint density at radius 1 is 1.30 bits per heavy atom. The zero-order chi connectivity index (χ0) is 14.9. The molecule has 1 aliphatic heterocycles. The van der Waals surface area contributed by atoms with Crippen LogP contribution in [0.15, 0.2) is 17.0 Å². The standard InChI is InChI=1S/C14H22N2O3S/c1-9(2)10(3)16-20(17,18)13-8-12(15)7-11-5-4-6-19-14(11)13/h7-10,16H,4-6,15H2,1-3H3. The topological polar surface area (TPSA) is 81.4 Å². The summed E-state index contributed by atoms with van der Waals surface area (Å²) in [6, 6.07) is 3.11. The quantitative estimate of drug-likeness (QED) is 0.832. The van der Waals surface area contributed by atoms with E-state index in [-0.39, 0.29) is 16.9 Å². The van der Waals surface area contributed by atoms with Crippen LogP contribution in [0.5, 0.6) is 5.75 Å². The molecule has 0 saturated heterocycles. The van der Waals surface area contributed by atoms with E-state index in [1.165, 1.54) is 6.07 Å². The Hall–Kier alpha value is -1.27. The molecule has 0 aromatic heterocycles. The lowest BCUT2D eigenvalue weighted by atomic mass is 10.1. The van der Waals surface area contributed by atoms with E-state index >= 15 is 0 Å². The Bertz CT molecular complexity index is 597. The summed E-state index contributed by atoms with van der Waals surface area (Å²) in [5.41, 5.74) is 7.14. The molecule has 1 unspecified atom stereocenters. The Morgan fingerprint density at radius 3 is 2.65 bits per heavy atom. The number of rotatable bonds is 4. The van der Waals surface area contributed by atoms with E-state index in [4.69, 9.17) is 10.5 Å². The monoisotopic (exact) mass is 298 g/mol. The molecule has 3 N–H and O–H groups in total. The highest BCUT2D eigenvalue weighted by molar-refractivity contribution is 7.89. The number of hydrogen-bond donors (Lipinski definition) is 2. The number of nitrogens with one attached hydrogen (secondary N) is 1. The maximum absolute atomic E-state index is 12.5. The van der Waals surface area contributed by atoms with Crippen molar-refractivity contribution >= 4 is 15.7 Å². The maximum Gasteiger partial charge on any atom is 0.244 e. The number of benzene rings is 1. The van der Waals surface area contributed by atoms with Crippen molar-refractivity contribution < 1.29 is 13.2 Å². The first-order valence-corrected chi connectivity index (χ1v) is 8.37. The van der Waals surface area contributed by atoms with Crippen LogP contribution in [-0.4, -0.2) is 21.1 Å². The van der Waals surface area contributed by atoms with Crippen molar-refractivity contribution in [2.75, 3.05) is 12.3 Å². The zero-order valence-electron chi connectivity index (χ0n) is 12.1. The van der Waals surface area contributed by atoms with Crippen LogP contribution in [0.2, 0.25) is 0 Å². The molecule has 0 fully saturated rings. The van der Waals surface area contributed by atoms with Gasteiger partial charge >= 0.3 is 0 Å². The van der Waals surface area contributed by atoms with E-state index < -0.39 is 10.0 Å². The highest BCUT2D eigenvalue weighted by Crippen LogP contribution is 2.34. The second-order valence-electron chi connectivity index (χ2n) is 5.61. The number of nitrogens with two attached hydrogens (primary N) is 1. The Balaban J connectivity index is 2.43. The second kappa shape index (κ2) is 5.61. The predicted octanol–water partition coefficient (Wildman–Crippen LogP) is 1.92. The fourth-order valence-corrected chi connectivity index (χ4v) is 3.73. The van der Waals surface area contributed by atoms with E-state index in [1.807, 2.05) is 20.8 Å². The van der Waals surface area contributed by atoms with Crippen molar-refractivity contribution in [3.63, 3.8) is 0 Å². The van der Waals surface area contributed by atoms with Gasteiger partial charge in [0.25, 0.3) is 0 Å². The molecule has 0 saturated carbocycles. The first kappa shape index (κ1) is 15.1. The summed E-state index contributed by atoms with van der Waals surface area (Å²) in [7, 11) is -3.62. The third-order valence-corrected chi connectivity index (χ3v) is 5.19. The molecule has 2 rings (SSSR count). The van der Waals surface area contributed by atoms with Crippen LogP contribution in [0.3, 0.4) is 0 Å². The predicted molar refractivity (Wildman–Crippen MR) is 79.3 cm³/mol. The van der Waals surface area contributed by atoms with Crippen LogP contribution in [0, 0.1) is 5.92 Å². The Labute approximate surface area is 120 Å². The molecule has 5 nitrogen and oxygen atoms in total. The average molecular weight is 298 g/mol. The molecule has 1 aromatic carbocycles. The van der Waals surface area contributed by atoms with Crippen molar-refractivity contribution in [3.8, 4) is 5.75 Å². The normalized spacial score (nSPS) is 16.6. The number of sulfonamides is 1.